The Morgan fingerprint density at radius 1 is 1.35 bits per heavy atom. The molecular weight excluding hydrogens is 319 g/mol. The molecular formula is C16H20ClFN4O. The fraction of sp³-hybridized carbons (Fsp3) is 0.500. The van der Waals surface area contributed by atoms with Crippen molar-refractivity contribution in [3.8, 4) is 0 Å². The summed E-state index contributed by atoms with van der Waals surface area (Å²) in [6.07, 6.45) is 1.71. The van der Waals surface area contributed by atoms with Gasteiger partial charge in [0.15, 0.2) is 5.82 Å². The maximum Gasteiger partial charge on any atom is 0.237 e. The van der Waals surface area contributed by atoms with Crippen LogP contribution in [-0.2, 0) is 5.41 Å². The van der Waals surface area contributed by atoms with Gasteiger partial charge in [0.1, 0.15) is 5.82 Å². The van der Waals surface area contributed by atoms with Gasteiger partial charge in [-0.25, -0.2) is 4.39 Å². The van der Waals surface area contributed by atoms with E-state index in [0.717, 1.165) is 32.5 Å². The molecule has 1 aliphatic carbocycles. The first kappa shape index (κ1) is 16.4. The maximum absolute atomic E-state index is 14.1. The molecule has 5 nitrogen and oxygen atoms in total. The molecule has 1 aromatic carbocycles. The van der Waals surface area contributed by atoms with Crippen molar-refractivity contribution >= 4 is 12.4 Å². The van der Waals surface area contributed by atoms with Crippen LogP contribution < -0.4 is 5.32 Å². The number of rotatable bonds is 3. The molecule has 2 aliphatic rings. The molecule has 23 heavy (non-hydrogen) atoms. The monoisotopic (exact) mass is 338 g/mol. The molecule has 2 fully saturated rings. The van der Waals surface area contributed by atoms with Crippen LogP contribution in [0.5, 0.6) is 0 Å². The van der Waals surface area contributed by atoms with Gasteiger partial charge < -0.3 is 9.84 Å². The van der Waals surface area contributed by atoms with Crippen molar-refractivity contribution in [1.82, 2.24) is 20.4 Å². The van der Waals surface area contributed by atoms with E-state index in [0.29, 0.717) is 17.3 Å². The summed E-state index contributed by atoms with van der Waals surface area (Å²) in [5.74, 6) is 1.04. The van der Waals surface area contributed by atoms with Crippen LogP contribution in [0.3, 0.4) is 0 Å². The molecule has 1 saturated carbocycles. The van der Waals surface area contributed by atoms with Crippen LogP contribution >= 0.6 is 12.4 Å². The number of benzene rings is 1. The van der Waals surface area contributed by atoms with E-state index in [1.54, 1.807) is 6.07 Å². The SMILES string of the molecule is CN1CCNCC1c1noc(C2(c3ccccc3F)CC2)n1.Cl. The zero-order valence-corrected chi connectivity index (χ0v) is 13.8. The third-order valence-corrected chi connectivity index (χ3v) is 4.80. The highest BCUT2D eigenvalue weighted by Gasteiger charge is 2.52. The van der Waals surface area contributed by atoms with Gasteiger partial charge in [0.25, 0.3) is 0 Å². The molecule has 0 amide bonds. The predicted molar refractivity (Wildman–Crippen MR) is 86.2 cm³/mol. The lowest BCUT2D eigenvalue weighted by Gasteiger charge is -2.30. The second-order valence-electron chi connectivity index (χ2n) is 6.22. The standard InChI is InChI=1S/C16H19FN4O.ClH/c1-21-9-8-18-10-13(21)14-19-15(22-20-14)16(6-7-16)11-4-2-3-5-12(11)17;/h2-5,13,18H,6-10H2,1H3;1H. The van der Waals surface area contributed by atoms with Crippen LogP contribution in [0.15, 0.2) is 28.8 Å². The van der Waals surface area contributed by atoms with Crippen LogP contribution in [0.4, 0.5) is 4.39 Å². The first-order valence-corrected chi connectivity index (χ1v) is 7.71. The van der Waals surface area contributed by atoms with Gasteiger partial charge >= 0.3 is 0 Å². The first-order chi connectivity index (χ1) is 10.7. The summed E-state index contributed by atoms with van der Waals surface area (Å²) in [5, 5.41) is 7.51. The van der Waals surface area contributed by atoms with Crippen molar-refractivity contribution in [3.05, 3.63) is 47.4 Å². The Balaban J connectivity index is 0.00000156. The average Bonchev–Trinajstić information content (AvgIpc) is 3.18. The molecule has 1 atom stereocenters. The molecule has 0 bridgehead atoms. The Morgan fingerprint density at radius 2 is 2.13 bits per heavy atom. The van der Waals surface area contributed by atoms with Gasteiger partial charge in [-0.2, -0.15) is 4.98 Å². The van der Waals surface area contributed by atoms with E-state index in [1.165, 1.54) is 6.07 Å². The van der Waals surface area contributed by atoms with Gasteiger partial charge in [-0.05, 0) is 26.0 Å². The molecule has 1 saturated heterocycles. The van der Waals surface area contributed by atoms with E-state index in [1.807, 2.05) is 12.1 Å². The lowest BCUT2D eigenvalue weighted by atomic mass is 9.95. The van der Waals surface area contributed by atoms with Gasteiger partial charge in [0.05, 0.1) is 11.5 Å². The average molecular weight is 339 g/mol. The van der Waals surface area contributed by atoms with Gasteiger partial charge in [0, 0.05) is 25.2 Å². The first-order valence-electron chi connectivity index (χ1n) is 7.71. The number of likely N-dealkylation sites (N-methyl/N-ethyl adjacent to an activating group) is 1. The number of nitrogens with zero attached hydrogens (tertiary/aromatic N) is 3. The third-order valence-electron chi connectivity index (χ3n) is 4.80. The minimum absolute atomic E-state index is 0. The van der Waals surface area contributed by atoms with E-state index < -0.39 is 5.41 Å². The number of nitrogens with one attached hydrogen (secondary N) is 1. The van der Waals surface area contributed by atoms with Crippen LogP contribution in [0.25, 0.3) is 0 Å². The van der Waals surface area contributed by atoms with E-state index in [9.17, 15) is 4.39 Å². The van der Waals surface area contributed by atoms with Crippen LogP contribution in [0.1, 0.15) is 36.2 Å². The molecule has 4 rings (SSSR count). The summed E-state index contributed by atoms with van der Waals surface area (Å²) in [6, 6.07) is 6.99. The Bertz CT molecular complexity index is 688. The van der Waals surface area contributed by atoms with Crippen LogP contribution in [0.2, 0.25) is 0 Å². The Hall–Kier alpha value is -1.50. The number of halogens is 2. The minimum atomic E-state index is -0.419. The summed E-state index contributed by atoms with van der Waals surface area (Å²) in [4.78, 5) is 6.83. The number of piperazine rings is 1. The van der Waals surface area contributed by atoms with Crippen molar-refractivity contribution in [3.63, 3.8) is 0 Å². The molecule has 0 spiro atoms. The van der Waals surface area contributed by atoms with Gasteiger partial charge in [0.2, 0.25) is 5.89 Å². The summed E-state index contributed by atoms with van der Waals surface area (Å²) in [6.45, 7) is 2.73. The van der Waals surface area contributed by atoms with E-state index in [-0.39, 0.29) is 24.3 Å². The molecule has 7 heteroatoms. The third kappa shape index (κ3) is 2.75. The molecule has 1 unspecified atom stereocenters. The number of hydrogen-bond acceptors (Lipinski definition) is 5. The van der Waals surface area contributed by atoms with Crippen LogP contribution in [0, 0.1) is 5.82 Å². The maximum atomic E-state index is 14.1. The Kier molecular flexibility index (Phi) is 4.40. The highest BCUT2D eigenvalue weighted by atomic mass is 35.5. The quantitative estimate of drug-likeness (QED) is 0.930. The number of hydrogen-bond donors (Lipinski definition) is 1. The van der Waals surface area contributed by atoms with Crippen molar-refractivity contribution < 1.29 is 8.91 Å². The topological polar surface area (TPSA) is 54.2 Å². The smallest absolute Gasteiger partial charge is 0.237 e. The zero-order valence-electron chi connectivity index (χ0n) is 13.0. The lowest BCUT2D eigenvalue weighted by molar-refractivity contribution is 0.190. The van der Waals surface area contributed by atoms with Crippen molar-refractivity contribution in [2.24, 2.45) is 0 Å². The van der Waals surface area contributed by atoms with Gasteiger partial charge in [-0.1, -0.05) is 23.4 Å². The molecule has 124 valence electrons. The second kappa shape index (κ2) is 6.19. The van der Waals surface area contributed by atoms with E-state index in [4.69, 9.17) is 4.52 Å². The van der Waals surface area contributed by atoms with Gasteiger partial charge in [-0.3, -0.25) is 4.90 Å². The molecule has 2 aromatic rings. The fourth-order valence-electron chi connectivity index (χ4n) is 3.23. The second-order valence-corrected chi connectivity index (χ2v) is 6.22. The van der Waals surface area contributed by atoms with Crippen molar-refractivity contribution in [1.29, 1.82) is 0 Å². The van der Waals surface area contributed by atoms with E-state index in [2.05, 4.69) is 27.4 Å². The summed E-state index contributed by atoms with van der Waals surface area (Å²) in [5.41, 5.74) is 0.248. The normalized spacial score (nSPS) is 23.3. The van der Waals surface area contributed by atoms with Gasteiger partial charge in [-0.15, -0.1) is 12.4 Å². The van der Waals surface area contributed by atoms with Crippen molar-refractivity contribution in [2.45, 2.75) is 24.3 Å². The van der Waals surface area contributed by atoms with Crippen molar-refractivity contribution in [2.75, 3.05) is 26.7 Å². The molecule has 2 heterocycles. The largest absolute Gasteiger partial charge is 0.338 e. The summed E-state index contributed by atoms with van der Waals surface area (Å²) in [7, 11) is 2.06. The molecule has 0 radical (unpaired) electrons. The molecule has 1 aromatic heterocycles. The number of aromatic nitrogens is 2. The highest BCUT2D eigenvalue weighted by molar-refractivity contribution is 5.85. The Labute approximate surface area is 140 Å². The van der Waals surface area contributed by atoms with Crippen LogP contribution in [-0.4, -0.2) is 41.7 Å². The predicted octanol–water partition coefficient (Wildman–Crippen LogP) is 2.29. The van der Waals surface area contributed by atoms with E-state index >= 15 is 0 Å². The summed E-state index contributed by atoms with van der Waals surface area (Å²) >= 11 is 0. The molecule has 1 aliphatic heterocycles. The lowest BCUT2D eigenvalue weighted by Crippen LogP contribution is -2.44. The zero-order chi connectivity index (χ0) is 15.2. The summed E-state index contributed by atoms with van der Waals surface area (Å²) < 4.78 is 19.6. The minimum Gasteiger partial charge on any atom is -0.338 e. The molecule has 1 N–H and O–H groups in total. The Morgan fingerprint density at radius 3 is 2.83 bits per heavy atom. The highest BCUT2D eigenvalue weighted by Crippen LogP contribution is 2.53. The fourth-order valence-corrected chi connectivity index (χ4v) is 3.23.